The minimum atomic E-state index is -1.11. The predicted octanol–water partition coefficient (Wildman–Crippen LogP) is 4.53. The Morgan fingerprint density at radius 2 is 1.74 bits per heavy atom. The molecule has 0 aliphatic rings. The summed E-state index contributed by atoms with van der Waals surface area (Å²) < 4.78 is 57.7. The van der Waals surface area contributed by atoms with Gasteiger partial charge in [-0.05, 0) is 29.8 Å². The summed E-state index contributed by atoms with van der Waals surface area (Å²) in [6, 6.07) is 6.99. The minimum absolute atomic E-state index is 0.0652. The van der Waals surface area contributed by atoms with Crippen molar-refractivity contribution >= 4 is 11.6 Å². The van der Waals surface area contributed by atoms with E-state index in [9.17, 15) is 18.0 Å². The Hall–Kier alpha value is -4.12. The molecule has 0 atom stereocenters. The third-order valence-electron chi connectivity index (χ3n) is 4.62. The summed E-state index contributed by atoms with van der Waals surface area (Å²) >= 11 is 6.20. The molecule has 2 aromatic heterocycles. The fourth-order valence-corrected chi connectivity index (χ4v) is 3.14. The Morgan fingerprint density at radius 3 is 2.43 bits per heavy atom. The van der Waals surface area contributed by atoms with Crippen LogP contribution < -0.4 is 19.9 Å². The molecule has 0 spiro atoms. The molecule has 0 unspecified atom stereocenters. The zero-order valence-corrected chi connectivity index (χ0v) is 18.8. The van der Waals surface area contributed by atoms with Crippen LogP contribution in [-0.2, 0) is 13.2 Å². The number of halogens is 4. The van der Waals surface area contributed by atoms with Crippen molar-refractivity contribution in [1.82, 2.24) is 19.5 Å². The molecule has 0 aliphatic carbocycles. The Bertz CT molecular complexity index is 1420. The fraction of sp³-hybridized carbons (Fsp3) is 0.130. The molecular weight excluding hydrogens is 489 g/mol. The van der Waals surface area contributed by atoms with Crippen molar-refractivity contribution in [3.8, 4) is 23.4 Å². The second-order valence-electron chi connectivity index (χ2n) is 7.11. The summed E-state index contributed by atoms with van der Waals surface area (Å²) in [4.78, 5) is 24.1. The highest BCUT2D eigenvalue weighted by atomic mass is 35.5. The van der Waals surface area contributed by atoms with Crippen LogP contribution in [0, 0.1) is 17.5 Å². The first-order valence-electron chi connectivity index (χ1n) is 9.98. The Labute approximate surface area is 201 Å². The lowest BCUT2D eigenvalue weighted by atomic mass is 10.2. The van der Waals surface area contributed by atoms with Gasteiger partial charge in [0.25, 0.3) is 0 Å². The molecule has 0 saturated heterocycles. The Kier molecular flexibility index (Phi) is 7.16. The average molecular weight is 505 g/mol. The van der Waals surface area contributed by atoms with Crippen LogP contribution in [0.2, 0.25) is 5.02 Å². The van der Waals surface area contributed by atoms with E-state index >= 15 is 0 Å². The van der Waals surface area contributed by atoms with Crippen LogP contribution in [0.25, 0.3) is 0 Å². The van der Waals surface area contributed by atoms with Gasteiger partial charge in [0.1, 0.15) is 17.4 Å². The van der Waals surface area contributed by atoms with Crippen molar-refractivity contribution in [3.05, 3.63) is 99.1 Å². The van der Waals surface area contributed by atoms with Gasteiger partial charge in [0.2, 0.25) is 5.88 Å². The number of ether oxygens (including phenoxy) is 3. The predicted molar refractivity (Wildman–Crippen MR) is 118 cm³/mol. The molecule has 0 saturated carbocycles. The SMILES string of the molecule is COc1ncc(Cn2cc(Cl)c(OCc3ccc(Oc4ccc(F)c(F)c4)c(F)c3)nc2=O)cn1. The lowest BCUT2D eigenvalue weighted by molar-refractivity contribution is 0.290. The van der Waals surface area contributed by atoms with Gasteiger partial charge < -0.3 is 14.2 Å². The summed E-state index contributed by atoms with van der Waals surface area (Å²) in [5, 5.41) is 0.0674. The van der Waals surface area contributed by atoms with Crippen LogP contribution in [0.5, 0.6) is 23.4 Å². The molecule has 2 heterocycles. The zero-order valence-electron chi connectivity index (χ0n) is 18.0. The number of hydrogen-bond donors (Lipinski definition) is 0. The van der Waals surface area contributed by atoms with Crippen LogP contribution in [0.4, 0.5) is 13.2 Å². The first-order valence-corrected chi connectivity index (χ1v) is 10.4. The van der Waals surface area contributed by atoms with Gasteiger partial charge in [-0.2, -0.15) is 4.98 Å². The van der Waals surface area contributed by atoms with Crippen LogP contribution >= 0.6 is 11.6 Å². The second-order valence-corrected chi connectivity index (χ2v) is 7.52. The molecule has 4 aromatic rings. The monoisotopic (exact) mass is 504 g/mol. The fourth-order valence-electron chi connectivity index (χ4n) is 2.93. The summed E-state index contributed by atoms with van der Waals surface area (Å²) in [5.41, 5.74) is 0.389. The first-order chi connectivity index (χ1) is 16.8. The number of benzene rings is 2. The topological polar surface area (TPSA) is 88.4 Å². The lowest BCUT2D eigenvalue weighted by Crippen LogP contribution is -2.24. The Morgan fingerprint density at radius 1 is 0.971 bits per heavy atom. The number of hydrogen-bond acceptors (Lipinski definition) is 7. The van der Waals surface area contributed by atoms with E-state index < -0.39 is 23.1 Å². The van der Waals surface area contributed by atoms with Gasteiger partial charge in [-0.3, -0.25) is 4.57 Å². The van der Waals surface area contributed by atoms with E-state index in [0.29, 0.717) is 11.1 Å². The van der Waals surface area contributed by atoms with E-state index in [1.165, 1.54) is 48.5 Å². The van der Waals surface area contributed by atoms with E-state index in [4.69, 9.17) is 25.8 Å². The normalized spacial score (nSPS) is 10.8. The summed E-state index contributed by atoms with van der Waals surface area (Å²) in [5.74, 6) is -3.30. The summed E-state index contributed by atoms with van der Waals surface area (Å²) in [6.07, 6.45) is 4.37. The third kappa shape index (κ3) is 5.87. The highest BCUT2D eigenvalue weighted by molar-refractivity contribution is 6.31. The van der Waals surface area contributed by atoms with Gasteiger partial charge in [-0.25, -0.2) is 27.9 Å². The van der Waals surface area contributed by atoms with E-state index in [1.54, 1.807) is 0 Å². The maximum absolute atomic E-state index is 14.4. The first kappa shape index (κ1) is 24.0. The van der Waals surface area contributed by atoms with Gasteiger partial charge in [-0.15, -0.1) is 0 Å². The molecule has 0 amide bonds. The largest absolute Gasteiger partial charge is 0.472 e. The van der Waals surface area contributed by atoms with Gasteiger partial charge >= 0.3 is 11.7 Å². The molecule has 0 radical (unpaired) electrons. The van der Waals surface area contributed by atoms with Crippen molar-refractivity contribution in [2.45, 2.75) is 13.2 Å². The summed E-state index contributed by atoms with van der Waals surface area (Å²) in [7, 11) is 1.44. The van der Waals surface area contributed by atoms with E-state index in [-0.39, 0.29) is 41.6 Å². The van der Waals surface area contributed by atoms with Crippen molar-refractivity contribution in [2.75, 3.05) is 7.11 Å². The van der Waals surface area contributed by atoms with Crippen LogP contribution in [0.15, 0.2) is 59.8 Å². The lowest BCUT2D eigenvalue weighted by Gasteiger charge is -2.11. The summed E-state index contributed by atoms with van der Waals surface area (Å²) in [6.45, 7) is -0.0225. The number of methoxy groups -OCH3 is 1. The van der Waals surface area contributed by atoms with E-state index in [0.717, 1.165) is 18.2 Å². The van der Waals surface area contributed by atoms with Crippen molar-refractivity contribution in [2.24, 2.45) is 0 Å². The molecule has 35 heavy (non-hydrogen) atoms. The molecule has 8 nitrogen and oxygen atoms in total. The standard InChI is InChI=1S/C23H16ClF3N4O4/c1-33-22-28-8-14(9-29-22)10-31-11-16(24)21(30-23(31)32)34-12-13-2-5-20(19(27)6-13)35-15-3-4-17(25)18(26)7-15/h2-9,11H,10,12H2,1H3. The van der Waals surface area contributed by atoms with Crippen molar-refractivity contribution < 1.29 is 27.4 Å². The molecular formula is C23H16ClF3N4O4. The molecule has 0 bridgehead atoms. The molecule has 4 rings (SSSR count). The number of rotatable bonds is 8. The molecule has 2 aromatic carbocycles. The van der Waals surface area contributed by atoms with Crippen LogP contribution in [0.1, 0.15) is 11.1 Å². The van der Waals surface area contributed by atoms with E-state index in [2.05, 4.69) is 15.0 Å². The number of nitrogens with zero attached hydrogens (tertiary/aromatic N) is 4. The molecule has 12 heteroatoms. The van der Waals surface area contributed by atoms with Gasteiger partial charge in [0.15, 0.2) is 23.2 Å². The molecule has 0 fully saturated rings. The maximum atomic E-state index is 14.4. The second kappa shape index (κ2) is 10.4. The number of aromatic nitrogens is 4. The van der Waals surface area contributed by atoms with Gasteiger partial charge in [0.05, 0.1) is 13.7 Å². The molecule has 180 valence electrons. The quantitative estimate of drug-likeness (QED) is 0.348. The molecule has 0 N–H and O–H groups in total. The minimum Gasteiger partial charge on any atom is -0.472 e. The maximum Gasteiger partial charge on any atom is 0.351 e. The van der Waals surface area contributed by atoms with Gasteiger partial charge in [0, 0.05) is 30.2 Å². The van der Waals surface area contributed by atoms with E-state index in [1.807, 2.05) is 0 Å². The average Bonchev–Trinajstić information content (AvgIpc) is 2.84. The molecule has 0 aliphatic heterocycles. The Balaban J connectivity index is 1.42. The third-order valence-corrected chi connectivity index (χ3v) is 4.88. The van der Waals surface area contributed by atoms with Crippen LogP contribution in [-0.4, -0.2) is 26.6 Å². The van der Waals surface area contributed by atoms with Crippen molar-refractivity contribution in [1.29, 1.82) is 0 Å². The highest BCUT2D eigenvalue weighted by Gasteiger charge is 2.12. The zero-order chi connectivity index (χ0) is 24.9. The highest BCUT2D eigenvalue weighted by Crippen LogP contribution is 2.27. The van der Waals surface area contributed by atoms with Gasteiger partial charge in [-0.1, -0.05) is 17.7 Å². The van der Waals surface area contributed by atoms with Crippen LogP contribution in [0.3, 0.4) is 0 Å². The van der Waals surface area contributed by atoms with Crippen molar-refractivity contribution in [3.63, 3.8) is 0 Å². The smallest absolute Gasteiger partial charge is 0.351 e.